The molecule has 2 heterocycles. The minimum absolute atomic E-state index is 0.0170. The minimum Gasteiger partial charge on any atom is -0.486 e. The van der Waals surface area contributed by atoms with E-state index in [1.807, 2.05) is 36.1 Å². The molecule has 31 heavy (non-hydrogen) atoms. The van der Waals surface area contributed by atoms with Gasteiger partial charge >= 0.3 is 6.03 Å². The predicted octanol–water partition coefficient (Wildman–Crippen LogP) is 3.77. The van der Waals surface area contributed by atoms with Gasteiger partial charge in [0, 0.05) is 19.6 Å². The molecule has 0 saturated carbocycles. The maximum atomic E-state index is 12.7. The lowest BCUT2D eigenvalue weighted by Gasteiger charge is -2.33. The number of piperidine rings is 1. The standard InChI is InChI=1S/C25H33N3O3/c1-2-28(18-22-19-30-23-10-6-7-11-24(23)31-22)25(29)26-16-20-12-14-27(15-13-20)17-21-8-4-3-5-9-21/h3-11,20,22H,2,12-19H2,1H3,(H,26,29). The highest BCUT2D eigenvalue weighted by molar-refractivity contribution is 5.74. The summed E-state index contributed by atoms with van der Waals surface area (Å²) in [5, 5.41) is 3.15. The van der Waals surface area contributed by atoms with Gasteiger partial charge in [-0.3, -0.25) is 4.90 Å². The number of benzene rings is 2. The van der Waals surface area contributed by atoms with Crippen LogP contribution in [0.3, 0.4) is 0 Å². The minimum atomic E-state index is -0.151. The summed E-state index contributed by atoms with van der Waals surface area (Å²) in [6, 6.07) is 18.3. The Bertz CT molecular complexity index is 837. The molecule has 6 nitrogen and oxygen atoms in total. The van der Waals surface area contributed by atoms with Gasteiger partial charge in [0.05, 0.1) is 6.54 Å². The molecule has 2 aliphatic heterocycles. The predicted molar refractivity (Wildman–Crippen MR) is 121 cm³/mol. The van der Waals surface area contributed by atoms with Crippen molar-refractivity contribution >= 4 is 6.03 Å². The number of likely N-dealkylation sites (tertiary alicyclic amines) is 1. The van der Waals surface area contributed by atoms with Crippen LogP contribution in [-0.2, 0) is 6.54 Å². The van der Waals surface area contributed by atoms with Gasteiger partial charge in [-0.2, -0.15) is 0 Å². The molecule has 6 heteroatoms. The number of carbonyl (C=O) groups excluding carboxylic acids is 1. The molecule has 1 N–H and O–H groups in total. The van der Waals surface area contributed by atoms with Crippen molar-refractivity contribution in [3.05, 3.63) is 60.2 Å². The molecule has 1 saturated heterocycles. The molecule has 2 amide bonds. The molecule has 1 unspecified atom stereocenters. The summed E-state index contributed by atoms with van der Waals surface area (Å²) in [6.45, 7) is 7.53. The zero-order valence-corrected chi connectivity index (χ0v) is 18.3. The molecule has 0 bridgehead atoms. The van der Waals surface area contributed by atoms with Crippen LogP contribution in [0.25, 0.3) is 0 Å². The SMILES string of the molecule is CCN(CC1COc2ccccc2O1)C(=O)NCC1CCN(Cc2ccccc2)CC1. The van der Waals surface area contributed by atoms with Gasteiger partial charge < -0.3 is 19.7 Å². The molecule has 4 rings (SSSR count). The first-order valence-corrected chi connectivity index (χ1v) is 11.4. The molecule has 0 spiro atoms. The molecule has 166 valence electrons. The third kappa shape index (κ3) is 5.91. The van der Waals surface area contributed by atoms with Gasteiger partial charge in [-0.25, -0.2) is 4.79 Å². The van der Waals surface area contributed by atoms with Crippen molar-refractivity contribution in [1.82, 2.24) is 15.1 Å². The fourth-order valence-corrected chi connectivity index (χ4v) is 4.29. The summed E-state index contributed by atoms with van der Waals surface area (Å²) in [4.78, 5) is 17.1. The van der Waals surface area contributed by atoms with Gasteiger partial charge in [0.25, 0.3) is 0 Å². The molecule has 2 aromatic rings. The lowest BCUT2D eigenvalue weighted by atomic mass is 9.96. The molecule has 1 atom stereocenters. The molecular weight excluding hydrogens is 390 g/mol. The first kappa shape index (κ1) is 21.5. The Morgan fingerprint density at radius 3 is 2.52 bits per heavy atom. The first-order chi connectivity index (χ1) is 15.2. The largest absolute Gasteiger partial charge is 0.486 e. The fraction of sp³-hybridized carbons (Fsp3) is 0.480. The molecule has 0 radical (unpaired) electrons. The van der Waals surface area contributed by atoms with Crippen LogP contribution in [0.2, 0.25) is 0 Å². The Balaban J connectivity index is 1.18. The van der Waals surface area contributed by atoms with Crippen molar-refractivity contribution in [2.75, 3.05) is 39.3 Å². The second-order valence-corrected chi connectivity index (χ2v) is 8.43. The van der Waals surface area contributed by atoms with E-state index in [1.54, 1.807) is 0 Å². The Hall–Kier alpha value is -2.73. The smallest absolute Gasteiger partial charge is 0.317 e. The number of carbonyl (C=O) groups is 1. The summed E-state index contributed by atoms with van der Waals surface area (Å²) in [5.41, 5.74) is 1.37. The number of fused-ring (bicyclic) bond motifs is 1. The lowest BCUT2D eigenvalue weighted by molar-refractivity contribution is 0.0672. The molecule has 0 aliphatic carbocycles. The number of para-hydroxylation sites is 2. The van der Waals surface area contributed by atoms with E-state index in [0.29, 0.717) is 25.6 Å². The first-order valence-electron chi connectivity index (χ1n) is 11.4. The van der Waals surface area contributed by atoms with E-state index in [0.717, 1.165) is 50.5 Å². The van der Waals surface area contributed by atoms with Crippen LogP contribution >= 0.6 is 0 Å². The van der Waals surface area contributed by atoms with E-state index in [4.69, 9.17) is 9.47 Å². The van der Waals surface area contributed by atoms with Crippen LogP contribution in [0, 0.1) is 5.92 Å². The molecule has 1 fully saturated rings. The monoisotopic (exact) mass is 423 g/mol. The summed E-state index contributed by atoms with van der Waals surface area (Å²) < 4.78 is 11.8. The quantitative estimate of drug-likeness (QED) is 0.737. The van der Waals surface area contributed by atoms with Crippen LogP contribution in [0.5, 0.6) is 11.5 Å². The normalized spacial score (nSPS) is 19.1. The number of nitrogens with one attached hydrogen (secondary N) is 1. The maximum absolute atomic E-state index is 12.7. The summed E-state index contributed by atoms with van der Waals surface area (Å²) >= 11 is 0. The van der Waals surface area contributed by atoms with Gasteiger partial charge in [0.15, 0.2) is 17.6 Å². The van der Waals surface area contributed by atoms with E-state index < -0.39 is 0 Å². The summed E-state index contributed by atoms with van der Waals surface area (Å²) in [5.74, 6) is 2.05. The van der Waals surface area contributed by atoms with Crippen molar-refractivity contribution in [2.24, 2.45) is 5.92 Å². The number of rotatable bonds is 7. The molecular formula is C25H33N3O3. The number of hydrogen-bond donors (Lipinski definition) is 1. The Labute approximate surface area is 185 Å². The highest BCUT2D eigenvalue weighted by Crippen LogP contribution is 2.31. The number of hydrogen-bond acceptors (Lipinski definition) is 4. The second kappa shape index (κ2) is 10.5. The van der Waals surface area contributed by atoms with Gasteiger partial charge in [-0.15, -0.1) is 0 Å². The highest BCUT2D eigenvalue weighted by atomic mass is 16.6. The van der Waals surface area contributed by atoms with E-state index in [9.17, 15) is 4.79 Å². The van der Waals surface area contributed by atoms with Crippen molar-refractivity contribution in [2.45, 2.75) is 32.4 Å². The van der Waals surface area contributed by atoms with E-state index in [1.165, 1.54) is 5.56 Å². The molecule has 0 aromatic heterocycles. The topological polar surface area (TPSA) is 54.0 Å². The number of amides is 2. The fourth-order valence-electron chi connectivity index (χ4n) is 4.29. The highest BCUT2D eigenvalue weighted by Gasteiger charge is 2.26. The van der Waals surface area contributed by atoms with Crippen LogP contribution in [0.15, 0.2) is 54.6 Å². The third-order valence-corrected chi connectivity index (χ3v) is 6.16. The average Bonchev–Trinajstić information content (AvgIpc) is 2.82. The zero-order valence-electron chi connectivity index (χ0n) is 18.3. The van der Waals surface area contributed by atoms with E-state index in [-0.39, 0.29) is 12.1 Å². The maximum Gasteiger partial charge on any atom is 0.317 e. The van der Waals surface area contributed by atoms with Crippen LogP contribution < -0.4 is 14.8 Å². The van der Waals surface area contributed by atoms with Crippen molar-refractivity contribution < 1.29 is 14.3 Å². The second-order valence-electron chi connectivity index (χ2n) is 8.43. The Morgan fingerprint density at radius 1 is 1.06 bits per heavy atom. The van der Waals surface area contributed by atoms with Crippen LogP contribution in [0.1, 0.15) is 25.3 Å². The number of urea groups is 1. The van der Waals surface area contributed by atoms with Crippen molar-refractivity contribution in [3.8, 4) is 11.5 Å². The van der Waals surface area contributed by atoms with E-state index in [2.05, 4.69) is 40.5 Å². The van der Waals surface area contributed by atoms with Crippen LogP contribution in [-0.4, -0.2) is 61.3 Å². The number of nitrogens with zero attached hydrogens (tertiary/aromatic N) is 2. The van der Waals surface area contributed by atoms with Crippen molar-refractivity contribution in [1.29, 1.82) is 0 Å². The Kier molecular flexibility index (Phi) is 7.30. The molecule has 2 aliphatic rings. The third-order valence-electron chi connectivity index (χ3n) is 6.16. The average molecular weight is 424 g/mol. The van der Waals surface area contributed by atoms with Crippen LogP contribution in [0.4, 0.5) is 4.79 Å². The van der Waals surface area contributed by atoms with Crippen molar-refractivity contribution in [3.63, 3.8) is 0 Å². The van der Waals surface area contributed by atoms with Gasteiger partial charge in [-0.05, 0) is 56.5 Å². The number of ether oxygens (including phenoxy) is 2. The zero-order chi connectivity index (χ0) is 21.5. The van der Waals surface area contributed by atoms with E-state index >= 15 is 0 Å². The van der Waals surface area contributed by atoms with Gasteiger partial charge in [0.1, 0.15) is 6.61 Å². The molecule has 2 aromatic carbocycles. The number of likely N-dealkylation sites (N-methyl/N-ethyl adjacent to an activating group) is 1. The Morgan fingerprint density at radius 2 is 1.77 bits per heavy atom. The summed E-state index contributed by atoms with van der Waals surface area (Å²) in [6.07, 6.45) is 2.09. The van der Waals surface area contributed by atoms with Gasteiger partial charge in [-0.1, -0.05) is 42.5 Å². The van der Waals surface area contributed by atoms with Gasteiger partial charge in [0.2, 0.25) is 0 Å². The summed E-state index contributed by atoms with van der Waals surface area (Å²) in [7, 11) is 0. The lowest BCUT2D eigenvalue weighted by Crippen LogP contribution is -2.48.